The Bertz CT molecular complexity index is 1380. The standard InChI is InChI=1S/C24H19N5OS/c1-16-8-10-17(11-9-16)29-23(27-12-4-5-13-27)18-14-28(15-20(18)26-29)24(30)22-25-19-6-2-3-7-21(19)31-22/h2-13H,14-15H2,1H3. The van der Waals surface area contributed by atoms with Crippen LogP contribution in [0.3, 0.4) is 0 Å². The van der Waals surface area contributed by atoms with Crippen molar-refractivity contribution >= 4 is 27.5 Å². The second-order valence-electron chi connectivity index (χ2n) is 7.73. The summed E-state index contributed by atoms with van der Waals surface area (Å²) in [6.07, 6.45) is 4.03. The van der Waals surface area contributed by atoms with Crippen molar-refractivity contribution < 1.29 is 4.79 Å². The zero-order valence-corrected chi connectivity index (χ0v) is 17.7. The van der Waals surface area contributed by atoms with Gasteiger partial charge in [-0.25, -0.2) is 9.67 Å². The van der Waals surface area contributed by atoms with Gasteiger partial charge < -0.3 is 9.47 Å². The first-order valence-corrected chi connectivity index (χ1v) is 10.9. The summed E-state index contributed by atoms with van der Waals surface area (Å²) in [7, 11) is 0. The average molecular weight is 426 g/mol. The van der Waals surface area contributed by atoms with E-state index >= 15 is 0 Å². The maximum absolute atomic E-state index is 13.2. The number of nitrogens with zero attached hydrogens (tertiary/aromatic N) is 5. The molecule has 31 heavy (non-hydrogen) atoms. The summed E-state index contributed by atoms with van der Waals surface area (Å²) in [5.41, 5.74) is 5.08. The van der Waals surface area contributed by atoms with Gasteiger partial charge in [0, 0.05) is 18.0 Å². The summed E-state index contributed by atoms with van der Waals surface area (Å²) in [5.74, 6) is 0.933. The van der Waals surface area contributed by atoms with E-state index in [1.54, 1.807) is 0 Å². The number of aryl methyl sites for hydroxylation is 1. The molecule has 0 spiro atoms. The summed E-state index contributed by atoms with van der Waals surface area (Å²) in [6.45, 7) is 3.08. The molecule has 0 saturated heterocycles. The highest BCUT2D eigenvalue weighted by Gasteiger charge is 2.33. The molecule has 152 valence electrons. The van der Waals surface area contributed by atoms with E-state index in [-0.39, 0.29) is 5.91 Å². The van der Waals surface area contributed by atoms with Gasteiger partial charge in [-0.05, 0) is 43.3 Å². The molecule has 5 aromatic rings. The maximum atomic E-state index is 13.2. The van der Waals surface area contributed by atoms with E-state index in [4.69, 9.17) is 5.10 Å². The zero-order chi connectivity index (χ0) is 20.9. The van der Waals surface area contributed by atoms with Crippen LogP contribution in [0.1, 0.15) is 26.6 Å². The number of amides is 1. The molecule has 1 aliphatic heterocycles. The first-order valence-electron chi connectivity index (χ1n) is 10.1. The topological polar surface area (TPSA) is 56.0 Å². The first-order chi connectivity index (χ1) is 15.2. The normalized spacial score (nSPS) is 13.1. The zero-order valence-electron chi connectivity index (χ0n) is 16.9. The molecule has 0 aliphatic carbocycles. The molecule has 1 aliphatic rings. The number of hydrogen-bond donors (Lipinski definition) is 0. The van der Waals surface area contributed by atoms with Crippen molar-refractivity contribution in [2.24, 2.45) is 0 Å². The third kappa shape index (κ3) is 2.97. The van der Waals surface area contributed by atoms with Gasteiger partial charge in [-0.15, -0.1) is 11.3 Å². The van der Waals surface area contributed by atoms with Gasteiger partial charge in [0.2, 0.25) is 0 Å². The molecule has 4 heterocycles. The molecular formula is C24H19N5OS. The van der Waals surface area contributed by atoms with Crippen molar-refractivity contribution in [3.05, 3.63) is 94.9 Å². The summed E-state index contributed by atoms with van der Waals surface area (Å²) in [5, 5.41) is 5.43. The molecule has 3 aromatic heterocycles. The van der Waals surface area contributed by atoms with Crippen LogP contribution in [-0.2, 0) is 13.1 Å². The van der Waals surface area contributed by atoms with Gasteiger partial charge in [0.05, 0.1) is 34.7 Å². The molecule has 6 rings (SSSR count). The third-order valence-electron chi connectivity index (χ3n) is 5.62. The summed E-state index contributed by atoms with van der Waals surface area (Å²) < 4.78 is 5.07. The molecule has 0 fully saturated rings. The van der Waals surface area contributed by atoms with E-state index in [2.05, 4.69) is 40.7 Å². The van der Waals surface area contributed by atoms with Crippen LogP contribution < -0.4 is 0 Å². The predicted molar refractivity (Wildman–Crippen MR) is 121 cm³/mol. The minimum Gasteiger partial charge on any atom is -0.326 e. The molecule has 0 atom stereocenters. The Labute approximate surface area is 183 Å². The Balaban J connectivity index is 1.38. The fraction of sp³-hybridized carbons (Fsp3) is 0.125. The summed E-state index contributed by atoms with van der Waals surface area (Å²) in [4.78, 5) is 19.6. The SMILES string of the molecule is Cc1ccc(-n2nc3c(c2-n2cccc2)CN(C(=O)c2nc4ccccc4s2)C3)cc1. The number of para-hydroxylation sites is 1. The second-order valence-corrected chi connectivity index (χ2v) is 8.77. The molecule has 1 amide bonds. The first kappa shape index (κ1) is 18.1. The van der Waals surface area contributed by atoms with Gasteiger partial charge in [-0.1, -0.05) is 29.8 Å². The molecule has 0 saturated carbocycles. The number of carbonyl (C=O) groups is 1. The minimum atomic E-state index is -0.0421. The van der Waals surface area contributed by atoms with Crippen molar-refractivity contribution in [3.8, 4) is 11.5 Å². The van der Waals surface area contributed by atoms with Crippen LogP contribution in [0.4, 0.5) is 0 Å². The van der Waals surface area contributed by atoms with Gasteiger partial charge in [0.1, 0.15) is 5.82 Å². The van der Waals surface area contributed by atoms with Crippen molar-refractivity contribution in [2.75, 3.05) is 0 Å². The number of carbonyl (C=O) groups excluding carboxylic acids is 1. The Morgan fingerprint density at radius 1 is 0.968 bits per heavy atom. The van der Waals surface area contributed by atoms with Gasteiger partial charge >= 0.3 is 0 Å². The highest BCUT2D eigenvalue weighted by atomic mass is 32.1. The van der Waals surface area contributed by atoms with Crippen molar-refractivity contribution in [2.45, 2.75) is 20.0 Å². The fourth-order valence-corrected chi connectivity index (χ4v) is 4.98. The van der Waals surface area contributed by atoms with Crippen molar-refractivity contribution in [3.63, 3.8) is 0 Å². The lowest BCUT2D eigenvalue weighted by molar-refractivity contribution is 0.0749. The minimum absolute atomic E-state index is 0.0421. The van der Waals surface area contributed by atoms with E-state index in [9.17, 15) is 4.79 Å². The molecule has 2 aromatic carbocycles. The summed E-state index contributed by atoms with van der Waals surface area (Å²) in [6, 6.07) is 20.2. The average Bonchev–Trinajstić information content (AvgIpc) is 3.55. The van der Waals surface area contributed by atoms with E-state index in [1.807, 2.05) is 58.4 Å². The highest BCUT2D eigenvalue weighted by molar-refractivity contribution is 7.20. The fourth-order valence-electron chi connectivity index (χ4n) is 4.05. The van der Waals surface area contributed by atoms with Crippen LogP contribution in [0.2, 0.25) is 0 Å². The quantitative estimate of drug-likeness (QED) is 0.420. The lowest BCUT2D eigenvalue weighted by atomic mass is 10.2. The second kappa shape index (κ2) is 6.92. The number of thiazole rings is 1. The predicted octanol–water partition coefficient (Wildman–Crippen LogP) is 4.74. The van der Waals surface area contributed by atoms with E-state index < -0.39 is 0 Å². The Kier molecular flexibility index (Phi) is 4.04. The number of hydrogen-bond acceptors (Lipinski definition) is 4. The number of fused-ring (bicyclic) bond motifs is 2. The van der Waals surface area contributed by atoms with Crippen LogP contribution in [-0.4, -0.2) is 30.1 Å². The van der Waals surface area contributed by atoms with Crippen molar-refractivity contribution in [1.29, 1.82) is 0 Å². The smallest absolute Gasteiger partial charge is 0.283 e. The molecule has 0 unspecified atom stereocenters. The molecular weight excluding hydrogens is 406 g/mol. The van der Waals surface area contributed by atoms with Gasteiger partial charge in [0.25, 0.3) is 5.91 Å². The lowest BCUT2D eigenvalue weighted by Gasteiger charge is -2.16. The van der Waals surface area contributed by atoms with E-state index in [1.165, 1.54) is 16.9 Å². The molecule has 0 radical (unpaired) electrons. The maximum Gasteiger partial charge on any atom is 0.283 e. The third-order valence-corrected chi connectivity index (χ3v) is 6.65. The van der Waals surface area contributed by atoms with Gasteiger partial charge in [0.15, 0.2) is 5.01 Å². The number of aromatic nitrogens is 4. The molecule has 0 N–H and O–H groups in total. The largest absolute Gasteiger partial charge is 0.326 e. The van der Waals surface area contributed by atoms with Crippen LogP contribution in [0.25, 0.3) is 21.7 Å². The van der Waals surface area contributed by atoms with Crippen LogP contribution >= 0.6 is 11.3 Å². The van der Waals surface area contributed by atoms with Crippen LogP contribution in [0, 0.1) is 6.92 Å². The number of benzene rings is 2. The monoisotopic (exact) mass is 425 g/mol. The van der Waals surface area contributed by atoms with Gasteiger partial charge in [-0.3, -0.25) is 4.79 Å². The Morgan fingerprint density at radius 2 is 1.74 bits per heavy atom. The lowest BCUT2D eigenvalue weighted by Crippen LogP contribution is -2.26. The van der Waals surface area contributed by atoms with E-state index in [0.717, 1.165) is 33.0 Å². The van der Waals surface area contributed by atoms with Gasteiger partial charge in [-0.2, -0.15) is 5.10 Å². The summed E-state index contributed by atoms with van der Waals surface area (Å²) >= 11 is 1.44. The highest BCUT2D eigenvalue weighted by Crippen LogP contribution is 2.32. The van der Waals surface area contributed by atoms with Crippen molar-refractivity contribution in [1.82, 2.24) is 24.2 Å². The number of rotatable bonds is 3. The molecule has 7 heteroatoms. The Morgan fingerprint density at radius 3 is 2.52 bits per heavy atom. The van der Waals surface area contributed by atoms with Crippen LogP contribution in [0.15, 0.2) is 73.1 Å². The van der Waals surface area contributed by atoms with E-state index in [0.29, 0.717) is 18.1 Å². The van der Waals surface area contributed by atoms with Crippen LogP contribution in [0.5, 0.6) is 0 Å². The molecule has 6 nitrogen and oxygen atoms in total. The molecule has 0 bridgehead atoms. The Hall–Kier alpha value is -3.71.